The summed E-state index contributed by atoms with van der Waals surface area (Å²) in [5.74, 6) is 0.0400. The Morgan fingerprint density at radius 3 is 2.50 bits per heavy atom. The first-order chi connectivity index (χ1) is 12.4. The van der Waals surface area contributed by atoms with Crippen molar-refractivity contribution in [1.29, 1.82) is 0 Å². The summed E-state index contributed by atoms with van der Waals surface area (Å²) in [5.41, 5.74) is 1.32. The number of oxazole rings is 1. The van der Waals surface area contributed by atoms with Crippen LogP contribution in [-0.4, -0.2) is 27.9 Å². The fourth-order valence-electron chi connectivity index (χ4n) is 2.51. The number of hydrogen-bond acceptors (Lipinski definition) is 4. The molecule has 0 saturated heterocycles. The number of benzene rings is 1. The van der Waals surface area contributed by atoms with Gasteiger partial charge in [0, 0.05) is 18.6 Å². The van der Waals surface area contributed by atoms with Gasteiger partial charge in [0.15, 0.2) is 5.69 Å². The first-order valence-corrected chi connectivity index (χ1v) is 9.16. The molecule has 1 heterocycles. The number of hydrogen-bond donors (Lipinski definition) is 1. The zero-order valence-electron chi connectivity index (χ0n) is 16.0. The molecule has 1 amide bonds. The van der Waals surface area contributed by atoms with E-state index >= 15 is 0 Å². The second-order valence-electron chi connectivity index (χ2n) is 6.70. The van der Waals surface area contributed by atoms with Gasteiger partial charge in [-0.15, -0.1) is 0 Å². The van der Waals surface area contributed by atoms with Crippen molar-refractivity contribution in [2.45, 2.75) is 65.7 Å². The van der Waals surface area contributed by atoms with Gasteiger partial charge in [-0.25, -0.2) is 9.37 Å². The molecule has 0 saturated carbocycles. The molecule has 0 unspecified atom stereocenters. The minimum Gasteiger partial charge on any atom is -0.447 e. The predicted octanol–water partition coefficient (Wildman–Crippen LogP) is 4.14. The molecular weight excluding hydrogens is 333 g/mol. The number of nitrogens with zero attached hydrogens (tertiary/aromatic N) is 2. The summed E-state index contributed by atoms with van der Waals surface area (Å²) < 4.78 is 18.6. The van der Waals surface area contributed by atoms with Crippen molar-refractivity contribution in [1.82, 2.24) is 15.2 Å². The van der Waals surface area contributed by atoms with E-state index in [0.29, 0.717) is 30.7 Å². The normalized spacial score (nSPS) is 13.6. The van der Waals surface area contributed by atoms with Gasteiger partial charge in [-0.05, 0) is 44.4 Å². The number of halogens is 1. The van der Waals surface area contributed by atoms with E-state index in [1.165, 1.54) is 18.4 Å². The molecule has 5 nitrogen and oxygen atoms in total. The number of amides is 1. The van der Waals surface area contributed by atoms with Gasteiger partial charge in [-0.2, -0.15) is 0 Å². The molecule has 0 bridgehead atoms. The summed E-state index contributed by atoms with van der Waals surface area (Å²) in [4.78, 5) is 18.7. The first kappa shape index (κ1) is 20.1. The summed E-state index contributed by atoms with van der Waals surface area (Å²) in [6.45, 7) is 9.35. The average Bonchev–Trinajstić information content (AvgIpc) is 3.10. The molecule has 6 heteroatoms. The Morgan fingerprint density at radius 2 is 1.88 bits per heavy atom. The average molecular weight is 361 g/mol. The van der Waals surface area contributed by atoms with Crippen LogP contribution >= 0.6 is 0 Å². The van der Waals surface area contributed by atoms with Gasteiger partial charge >= 0.3 is 0 Å². The van der Waals surface area contributed by atoms with Crippen LogP contribution in [0.4, 0.5) is 4.39 Å². The molecule has 0 spiro atoms. The van der Waals surface area contributed by atoms with Crippen molar-refractivity contribution < 1.29 is 13.6 Å². The van der Waals surface area contributed by atoms with Crippen molar-refractivity contribution in [3.63, 3.8) is 0 Å². The lowest BCUT2D eigenvalue weighted by Gasteiger charge is -2.27. The molecule has 1 N–H and O–H groups in total. The highest BCUT2D eigenvalue weighted by Gasteiger charge is 2.19. The largest absolute Gasteiger partial charge is 0.447 e. The van der Waals surface area contributed by atoms with Crippen LogP contribution in [-0.2, 0) is 13.1 Å². The third kappa shape index (κ3) is 5.66. The zero-order valence-corrected chi connectivity index (χ0v) is 16.0. The smallest absolute Gasteiger partial charge is 0.273 e. The van der Waals surface area contributed by atoms with Crippen molar-refractivity contribution >= 4 is 5.91 Å². The Hall–Kier alpha value is -2.21. The Balaban J connectivity index is 2.06. The minimum absolute atomic E-state index is 0.0951. The highest BCUT2D eigenvalue weighted by molar-refractivity contribution is 5.92. The molecule has 2 aromatic rings. The van der Waals surface area contributed by atoms with E-state index in [2.05, 4.69) is 29.0 Å². The van der Waals surface area contributed by atoms with Gasteiger partial charge < -0.3 is 9.73 Å². The van der Waals surface area contributed by atoms with Crippen molar-refractivity contribution in [3.05, 3.63) is 53.5 Å². The van der Waals surface area contributed by atoms with Gasteiger partial charge in [0.1, 0.15) is 12.1 Å². The highest BCUT2D eigenvalue weighted by Crippen LogP contribution is 2.16. The Morgan fingerprint density at radius 1 is 1.19 bits per heavy atom. The lowest BCUT2D eigenvalue weighted by molar-refractivity contribution is 0.0934. The van der Waals surface area contributed by atoms with E-state index in [1.807, 2.05) is 13.8 Å². The fourth-order valence-corrected chi connectivity index (χ4v) is 2.51. The Kier molecular flexibility index (Phi) is 7.33. The third-order valence-electron chi connectivity index (χ3n) is 4.63. The van der Waals surface area contributed by atoms with Crippen molar-refractivity contribution in [2.24, 2.45) is 0 Å². The molecule has 26 heavy (non-hydrogen) atoms. The number of nitrogens with one attached hydrogen (secondary N) is 1. The number of carbonyl (C=O) groups excluding carboxylic acids is 1. The number of aromatic nitrogens is 1. The standard InChI is InChI=1S/C20H28FN3O2/c1-5-14(3)22-20(25)18-13-26-19(23-18)12-24(15(4)6-2)11-16-7-9-17(21)10-8-16/h7-10,13-15H,5-6,11-12H2,1-4H3,(H,22,25)/t14-,15-/m1/s1. The van der Waals surface area contributed by atoms with E-state index in [1.54, 1.807) is 12.1 Å². The summed E-state index contributed by atoms with van der Waals surface area (Å²) in [5, 5.41) is 2.88. The van der Waals surface area contributed by atoms with Gasteiger partial charge in [0.25, 0.3) is 5.91 Å². The SMILES string of the molecule is CC[C@@H](C)NC(=O)c1coc(CN(Cc2ccc(F)cc2)[C@H](C)CC)n1. The molecule has 0 aliphatic rings. The summed E-state index contributed by atoms with van der Waals surface area (Å²) in [7, 11) is 0. The van der Waals surface area contributed by atoms with Crippen LogP contribution in [0.2, 0.25) is 0 Å². The van der Waals surface area contributed by atoms with Gasteiger partial charge in [0.05, 0.1) is 6.54 Å². The second kappa shape index (κ2) is 9.48. The predicted molar refractivity (Wildman–Crippen MR) is 99.1 cm³/mol. The molecule has 0 fully saturated rings. The van der Waals surface area contributed by atoms with Crippen LogP contribution in [0.3, 0.4) is 0 Å². The Bertz CT molecular complexity index is 699. The number of rotatable bonds is 9. The van der Waals surface area contributed by atoms with Crippen LogP contribution in [0.15, 0.2) is 34.9 Å². The molecular formula is C20H28FN3O2. The van der Waals surface area contributed by atoms with Gasteiger partial charge in [-0.1, -0.05) is 26.0 Å². The molecule has 0 radical (unpaired) electrons. The lowest BCUT2D eigenvalue weighted by atomic mass is 10.1. The molecule has 1 aromatic carbocycles. The maximum absolute atomic E-state index is 13.1. The molecule has 0 aliphatic carbocycles. The van der Waals surface area contributed by atoms with E-state index in [0.717, 1.165) is 18.4 Å². The summed E-state index contributed by atoms with van der Waals surface area (Å²) in [6, 6.07) is 6.89. The molecule has 2 rings (SSSR count). The second-order valence-corrected chi connectivity index (χ2v) is 6.70. The van der Waals surface area contributed by atoms with Crippen molar-refractivity contribution in [2.75, 3.05) is 0 Å². The maximum atomic E-state index is 13.1. The molecule has 1 aromatic heterocycles. The van der Waals surface area contributed by atoms with Gasteiger partial charge in [0.2, 0.25) is 5.89 Å². The minimum atomic E-state index is -0.242. The highest BCUT2D eigenvalue weighted by atomic mass is 19.1. The van der Waals surface area contributed by atoms with E-state index in [-0.39, 0.29) is 17.8 Å². The van der Waals surface area contributed by atoms with Crippen LogP contribution < -0.4 is 5.32 Å². The summed E-state index contributed by atoms with van der Waals surface area (Å²) in [6.07, 6.45) is 3.22. The summed E-state index contributed by atoms with van der Waals surface area (Å²) >= 11 is 0. The monoisotopic (exact) mass is 361 g/mol. The van der Waals surface area contributed by atoms with Crippen LogP contribution in [0, 0.1) is 5.82 Å². The zero-order chi connectivity index (χ0) is 19.1. The topological polar surface area (TPSA) is 58.4 Å². The quantitative estimate of drug-likeness (QED) is 0.729. The molecule has 142 valence electrons. The van der Waals surface area contributed by atoms with Crippen LogP contribution in [0.5, 0.6) is 0 Å². The molecule has 0 aliphatic heterocycles. The van der Waals surface area contributed by atoms with E-state index < -0.39 is 0 Å². The Labute approximate surface area is 154 Å². The van der Waals surface area contributed by atoms with Crippen molar-refractivity contribution in [3.8, 4) is 0 Å². The van der Waals surface area contributed by atoms with Gasteiger partial charge in [-0.3, -0.25) is 9.69 Å². The van der Waals surface area contributed by atoms with Crippen LogP contribution in [0.1, 0.15) is 62.5 Å². The van der Waals surface area contributed by atoms with E-state index in [9.17, 15) is 9.18 Å². The van der Waals surface area contributed by atoms with E-state index in [4.69, 9.17) is 4.42 Å². The maximum Gasteiger partial charge on any atom is 0.273 e. The molecule has 2 atom stereocenters. The lowest BCUT2D eigenvalue weighted by Crippen LogP contribution is -2.33. The van der Waals surface area contributed by atoms with Crippen LogP contribution in [0.25, 0.3) is 0 Å². The third-order valence-corrected chi connectivity index (χ3v) is 4.63. The number of carbonyl (C=O) groups is 1. The fraction of sp³-hybridized carbons (Fsp3) is 0.500. The first-order valence-electron chi connectivity index (χ1n) is 9.16.